The van der Waals surface area contributed by atoms with E-state index in [1.807, 2.05) is 6.07 Å². The van der Waals surface area contributed by atoms with Crippen molar-refractivity contribution in [2.24, 2.45) is 0 Å². The second-order valence-electron chi connectivity index (χ2n) is 7.32. The van der Waals surface area contributed by atoms with Crippen molar-refractivity contribution in [2.45, 2.75) is 24.6 Å². The number of anilines is 1. The third-order valence-corrected chi connectivity index (χ3v) is 5.62. The Balaban J connectivity index is 1.72. The fraction of sp³-hybridized carbons (Fsp3) is 0.273. The van der Waals surface area contributed by atoms with Crippen LogP contribution in [0.2, 0.25) is 0 Å². The van der Waals surface area contributed by atoms with E-state index >= 15 is 0 Å². The summed E-state index contributed by atoms with van der Waals surface area (Å²) < 4.78 is 48.1. The van der Waals surface area contributed by atoms with E-state index in [1.165, 1.54) is 50.0 Å². The highest BCUT2D eigenvalue weighted by Gasteiger charge is 2.52. The normalized spacial score (nSPS) is 19.9. The van der Waals surface area contributed by atoms with Crippen LogP contribution in [0.1, 0.15) is 24.1 Å². The Morgan fingerprint density at radius 3 is 2.42 bits per heavy atom. The van der Waals surface area contributed by atoms with Crippen molar-refractivity contribution in [2.75, 3.05) is 19.1 Å². The lowest BCUT2D eigenvalue weighted by Gasteiger charge is -2.49. The quantitative estimate of drug-likeness (QED) is 0.611. The maximum atomic E-state index is 14.5. The minimum atomic E-state index is -1.09. The highest BCUT2D eigenvalue weighted by Crippen LogP contribution is 2.48. The van der Waals surface area contributed by atoms with E-state index < -0.39 is 23.3 Å². The molecule has 2 aromatic heterocycles. The molecular weight excluding hydrogens is 407 g/mol. The van der Waals surface area contributed by atoms with Gasteiger partial charge in [-0.15, -0.1) is 0 Å². The van der Waals surface area contributed by atoms with Crippen molar-refractivity contribution in [3.05, 3.63) is 65.7 Å². The van der Waals surface area contributed by atoms with Crippen LogP contribution >= 0.6 is 0 Å². The monoisotopic (exact) mass is 425 g/mol. The summed E-state index contributed by atoms with van der Waals surface area (Å²) in [7, 11) is 2.99. The van der Waals surface area contributed by atoms with E-state index in [2.05, 4.69) is 15.0 Å². The molecule has 4 rings (SSSR count). The van der Waals surface area contributed by atoms with E-state index in [-0.39, 0.29) is 41.4 Å². The zero-order chi connectivity index (χ0) is 22.2. The molecule has 0 N–H and O–H groups in total. The third-order valence-electron chi connectivity index (χ3n) is 5.62. The summed E-state index contributed by atoms with van der Waals surface area (Å²) in [6.07, 6.45) is 3.24. The number of benzene rings is 1. The summed E-state index contributed by atoms with van der Waals surface area (Å²) in [5, 5.41) is 9.25. The average Bonchev–Trinajstić information content (AvgIpc) is 2.76. The van der Waals surface area contributed by atoms with Crippen LogP contribution in [0.5, 0.6) is 5.75 Å². The van der Waals surface area contributed by atoms with Crippen LogP contribution < -0.4 is 9.64 Å². The van der Waals surface area contributed by atoms with E-state index in [1.54, 1.807) is 11.9 Å². The minimum absolute atomic E-state index is 0.0508. The second-order valence-corrected chi connectivity index (χ2v) is 7.32. The zero-order valence-electron chi connectivity index (χ0n) is 16.8. The van der Waals surface area contributed by atoms with Crippen LogP contribution in [0.15, 0.2) is 42.9 Å². The number of alkyl halides is 1. The molecule has 31 heavy (non-hydrogen) atoms. The molecule has 1 fully saturated rings. The summed E-state index contributed by atoms with van der Waals surface area (Å²) in [4.78, 5) is 14.3. The Morgan fingerprint density at radius 1 is 1.13 bits per heavy atom. The molecule has 2 heterocycles. The maximum absolute atomic E-state index is 14.5. The molecule has 3 aromatic rings. The first-order chi connectivity index (χ1) is 14.9. The first-order valence-electron chi connectivity index (χ1n) is 9.49. The SMILES string of the molecule is COc1c(C#N)ccc(F)c1-c1cnc(N(C)C2(c3ncccc3F)CC(F)C2)nc1. The number of halogens is 3. The molecule has 9 heteroatoms. The Kier molecular flexibility index (Phi) is 5.23. The van der Waals surface area contributed by atoms with Gasteiger partial charge in [-0.25, -0.2) is 23.1 Å². The minimum Gasteiger partial charge on any atom is -0.495 e. The summed E-state index contributed by atoms with van der Waals surface area (Å²) >= 11 is 0. The number of hydrogen-bond acceptors (Lipinski definition) is 6. The fourth-order valence-electron chi connectivity index (χ4n) is 3.97. The summed E-state index contributed by atoms with van der Waals surface area (Å²) in [6, 6.07) is 7.21. The third kappa shape index (κ3) is 3.34. The molecule has 0 saturated heterocycles. The molecule has 0 atom stereocenters. The molecule has 1 aromatic carbocycles. The smallest absolute Gasteiger partial charge is 0.225 e. The van der Waals surface area contributed by atoms with Gasteiger partial charge in [0.25, 0.3) is 0 Å². The lowest BCUT2D eigenvalue weighted by atomic mass is 9.71. The van der Waals surface area contributed by atoms with Crippen molar-refractivity contribution < 1.29 is 17.9 Å². The number of methoxy groups -OCH3 is 1. The lowest BCUT2D eigenvalue weighted by molar-refractivity contribution is 0.0860. The van der Waals surface area contributed by atoms with Gasteiger partial charge in [0.05, 0.1) is 23.8 Å². The van der Waals surface area contributed by atoms with E-state index in [9.17, 15) is 18.4 Å². The molecule has 0 amide bonds. The Bertz CT molecular complexity index is 1160. The number of pyridine rings is 1. The van der Waals surface area contributed by atoms with Crippen molar-refractivity contribution in [3.8, 4) is 22.9 Å². The number of nitrogens with zero attached hydrogens (tertiary/aromatic N) is 5. The highest BCUT2D eigenvalue weighted by molar-refractivity contribution is 5.73. The summed E-state index contributed by atoms with van der Waals surface area (Å²) in [6.45, 7) is 0. The zero-order valence-corrected chi connectivity index (χ0v) is 16.8. The first-order valence-corrected chi connectivity index (χ1v) is 9.49. The van der Waals surface area contributed by atoms with Crippen LogP contribution in [0, 0.1) is 23.0 Å². The Morgan fingerprint density at radius 2 is 1.84 bits per heavy atom. The van der Waals surface area contributed by atoms with Crippen molar-refractivity contribution in [3.63, 3.8) is 0 Å². The first kappa shape index (κ1) is 20.6. The molecule has 6 nitrogen and oxygen atoms in total. The van der Waals surface area contributed by atoms with Gasteiger partial charge in [-0.3, -0.25) is 4.98 Å². The maximum Gasteiger partial charge on any atom is 0.225 e. The number of rotatable bonds is 5. The fourth-order valence-corrected chi connectivity index (χ4v) is 3.97. The lowest BCUT2D eigenvalue weighted by Crippen LogP contribution is -2.56. The van der Waals surface area contributed by atoms with Gasteiger partial charge in [0.1, 0.15) is 35.3 Å². The number of ether oxygens (including phenoxy) is 1. The van der Waals surface area contributed by atoms with Crippen LogP contribution in [0.25, 0.3) is 11.1 Å². The van der Waals surface area contributed by atoms with E-state index in [0.29, 0.717) is 5.56 Å². The van der Waals surface area contributed by atoms with Gasteiger partial charge in [-0.2, -0.15) is 5.26 Å². The summed E-state index contributed by atoms with van der Waals surface area (Å²) in [5.74, 6) is -0.833. The van der Waals surface area contributed by atoms with Gasteiger partial charge in [0, 0.05) is 44.0 Å². The predicted molar refractivity (Wildman–Crippen MR) is 107 cm³/mol. The number of hydrogen-bond donors (Lipinski definition) is 0. The van der Waals surface area contributed by atoms with Crippen molar-refractivity contribution in [1.29, 1.82) is 5.26 Å². The molecule has 0 bridgehead atoms. The molecule has 1 saturated carbocycles. The second kappa shape index (κ2) is 7.87. The highest BCUT2D eigenvalue weighted by atomic mass is 19.1. The molecule has 0 unspecified atom stereocenters. The molecule has 0 radical (unpaired) electrons. The van der Waals surface area contributed by atoms with Gasteiger partial charge < -0.3 is 9.64 Å². The predicted octanol–water partition coefficient (Wildman–Crippen LogP) is 4.16. The largest absolute Gasteiger partial charge is 0.495 e. The molecule has 1 aliphatic carbocycles. The molecule has 0 spiro atoms. The van der Waals surface area contributed by atoms with Crippen LogP contribution in [0.4, 0.5) is 19.1 Å². The van der Waals surface area contributed by atoms with Gasteiger partial charge in [0.15, 0.2) is 0 Å². The molecule has 158 valence electrons. The molecular formula is C22H18F3N5O. The molecule has 0 aliphatic heterocycles. The van der Waals surface area contributed by atoms with Gasteiger partial charge in [0.2, 0.25) is 5.95 Å². The van der Waals surface area contributed by atoms with Gasteiger partial charge in [-0.05, 0) is 24.3 Å². The van der Waals surface area contributed by atoms with Crippen molar-refractivity contribution >= 4 is 5.95 Å². The standard InChI is InChI=1S/C22H18F3N5O/c1-30(22(8-15(23)9-22)20-17(25)4-3-7-27-20)21-28-11-14(12-29-21)18-16(24)6-5-13(10-26)19(18)31-2/h3-7,11-12,15H,8-9H2,1-2H3. The van der Waals surface area contributed by atoms with Crippen LogP contribution in [-0.4, -0.2) is 35.3 Å². The Hall–Kier alpha value is -3.67. The number of aromatic nitrogens is 3. The van der Waals surface area contributed by atoms with Crippen molar-refractivity contribution in [1.82, 2.24) is 15.0 Å². The summed E-state index contributed by atoms with van der Waals surface area (Å²) in [5.41, 5.74) is -0.343. The van der Waals surface area contributed by atoms with E-state index in [4.69, 9.17) is 4.74 Å². The number of nitriles is 1. The van der Waals surface area contributed by atoms with Crippen LogP contribution in [0.3, 0.4) is 0 Å². The van der Waals surface area contributed by atoms with Crippen LogP contribution in [-0.2, 0) is 5.54 Å². The topological polar surface area (TPSA) is 74.9 Å². The van der Waals surface area contributed by atoms with E-state index in [0.717, 1.165) is 0 Å². The van der Waals surface area contributed by atoms with Gasteiger partial charge in [-0.1, -0.05) is 0 Å². The Labute approximate surface area is 177 Å². The average molecular weight is 425 g/mol. The molecule has 1 aliphatic rings. The van der Waals surface area contributed by atoms with Gasteiger partial charge >= 0.3 is 0 Å².